The van der Waals surface area contributed by atoms with Gasteiger partial charge in [0.05, 0.1) is 6.61 Å². The Bertz CT molecular complexity index is 505. The monoisotopic (exact) mass is 293 g/mol. The third-order valence-corrected chi connectivity index (χ3v) is 2.96. The number of hydrogen-bond acceptors (Lipinski definition) is 3. The normalized spacial score (nSPS) is 12.6. The second kappa shape index (κ2) is 7.11. The van der Waals surface area contributed by atoms with Crippen molar-refractivity contribution in [3.63, 3.8) is 0 Å². The minimum atomic E-state index is -1.05. The van der Waals surface area contributed by atoms with Crippen LogP contribution in [0.15, 0.2) is 24.3 Å². The van der Waals surface area contributed by atoms with Crippen LogP contribution in [0.2, 0.25) is 0 Å². The summed E-state index contributed by atoms with van der Waals surface area (Å²) in [5.41, 5.74) is -0.184. The number of carboxylic acids is 1. The Morgan fingerprint density at radius 1 is 1.33 bits per heavy atom. The van der Waals surface area contributed by atoms with E-state index in [0.717, 1.165) is 6.42 Å². The summed E-state index contributed by atoms with van der Waals surface area (Å²) in [5.74, 6) is -0.861. The van der Waals surface area contributed by atoms with Gasteiger partial charge in [-0.2, -0.15) is 0 Å². The van der Waals surface area contributed by atoms with Crippen LogP contribution in [0.5, 0.6) is 5.75 Å². The van der Waals surface area contributed by atoms with Crippen LogP contribution in [0.3, 0.4) is 0 Å². The molecule has 0 aliphatic carbocycles. The number of carbonyl (C=O) groups is 2. The lowest BCUT2D eigenvalue weighted by Crippen LogP contribution is -2.49. The highest BCUT2D eigenvalue weighted by atomic mass is 16.5. The highest BCUT2D eigenvalue weighted by molar-refractivity contribution is 5.97. The van der Waals surface area contributed by atoms with Gasteiger partial charge < -0.3 is 15.2 Å². The molecule has 0 spiro atoms. The molecule has 0 fully saturated rings. The Morgan fingerprint density at radius 2 is 2.00 bits per heavy atom. The molecule has 0 aromatic heterocycles. The number of rotatable bonds is 6. The molecule has 5 heteroatoms. The maximum absolute atomic E-state index is 12.2. The van der Waals surface area contributed by atoms with Crippen molar-refractivity contribution in [1.29, 1.82) is 0 Å². The summed E-state index contributed by atoms with van der Waals surface area (Å²) in [6.45, 7) is 7.88. The van der Waals surface area contributed by atoms with Crippen LogP contribution in [0.25, 0.3) is 0 Å². The molecule has 1 aromatic rings. The maximum Gasteiger partial charge on any atom is 0.326 e. The number of hydrogen-bond donors (Lipinski definition) is 2. The Balaban J connectivity index is 2.85. The highest BCUT2D eigenvalue weighted by Gasteiger charge is 2.32. The lowest BCUT2D eigenvalue weighted by atomic mass is 9.86. The van der Waals surface area contributed by atoms with E-state index in [4.69, 9.17) is 4.74 Å². The van der Waals surface area contributed by atoms with Gasteiger partial charge in [-0.05, 0) is 30.0 Å². The minimum absolute atomic E-state index is 0.388. The Morgan fingerprint density at radius 3 is 2.52 bits per heavy atom. The Labute approximate surface area is 125 Å². The van der Waals surface area contributed by atoms with Gasteiger partial charge in [0, 0.05) is 5.56 Å². The molecule has 1 amide bonds. The van der Waals surface area contributed by atoms with E-state index in [9.17, 15) is 14.7 Å². The Kier molecular flexibility index (Phi) is 5.76. The largest absolute Gasteiger partial charge is 0.494 e. The average Bonchev–Trinajstić information content (AvgIpc) is 2.40. The molecule has 0 aliphatic rings. The van der Waals surface area contributed by atoms with Crippen molar-refractivity contribution in [2.24, 2.45) is 5.41 Å². The van der Waals surface area contributed by atoms with E-state index in [1.54, 1.807) is 45.0 Å². The fraction of sp³-hybridized carbons (Fsp3) is 0.500. The van der Waals surface area contributed by atoms with Crippen LogP contribution >= 0.6 is 0 Å². The first-order valence-electron chi connectivity index (χ1n) is 7.02. The molecule has 0 heterocycles. The van der Waals surface area contributed by atoms with Gasteiger partial charge in [0.1, 0.15) is 11.8 Å². The van der Waals surface area contributed by atoms with Crippen molar-refractivity contribution in [1.82, 2.24) is 5.32 Å². The molecule has 0 radical (unpaired) electrons. The highest BCUT2D eigenvalue weighted by Crippen LogP contribution is 2.20. The molecular formula is C16H23NO4. The lowest BCUT2D eigenvalue weighted by molar-refractivity contribution is -0.142. The number of benzene rings is 1. The summed E-state index contributed by atoms with van der Waals surface area (Å²) in [4.78, 5) is 23.5. The second-order valence-corrected chi connectivity index (χ2v) is 5.99. The molecule has 2 N–H and O–H groups in total. The van der Waals surface area contributed by atoms with E-state index in [0.29, 0.717) is 17.9 Å². The fourth-order valence-corrected chi connectivity index (χ4v) is 1.81. The summed E-state index contributed by atoms with van der Waals surface area (Å²) in [7, 11) is 0. The van der Waals surface area contributed by atoms with E-state index < -0.39 is 23.3 Å². The van der Waals surface area contributed by atoms with Gasteiger partial charge in [0.2, 0.25) is 0 Å². The van der Waals surface area contributed by atoms with E-state index in [-0.39, 0.29) is 0 Å². The molecule has 0 unspecified atom stereocenters. The summed E-state index contributed by atoms with van der Waals surface area (Å²) in [6, 6.07) is 5.78. The van der Waals surface area contributed by atoms with Gasteiger partial charge in [-0.25, -0.2) is 4.79 Å². The van der Waals surface area contributed by atoms with Gasteiger partial charge in [-0.15, -0.1) is 0 Å². The lowest BCUT2D eigenvalue weighted by Gasteiger charge is -2.27. The first-order valence-corrected chi connectivity index (χ1v) is 7.02. The molecule has 116 valence electrons. The fourth-order valence-electron chi connectivity index (χ4n) is 1.81. The van der Waals surface area contributed by atoms with Crippen molar-refractivity contribution in [2.75, 3.05) is 6.61 Å². The SMILES string of the molecule is CCCOc1cccc(C(=O)N[C@H](C(=O)O)C(C)(C)C)c1. The van der Waals surface area contributed by atoms with Gasteiger partial charge in [-0.3, -0.25) is 4.79 Å². The molecular weight excluding hydrogens is 270 g/mol. The second-order valence-electron chi connectivity index (χ2n) is 5.99. The van der Waals surface area contributed by atoms with Crippen molar-refractivity contribution in [3.05, 3.63) is 29.8 Å². The van der Waals surface area contributed by atoms with E-state index in [1.807, 2.05) is 6.92 Å². The topological polar surface area (TPSA) is 75.6 Å². The Hall–Kier alpha value is -2.04. The van der Waals surface area contributed by atoms with Crippen LogP contribution in [0.4, 0.5) is 0 Å². The number of amides is 1. The van der Waals surface area contributed by atoms with Crippen molar-refractivity contribution >= 4 is 11.9 Å². The number of carbonyl (C=O) groups excluding carboxylic acids is 1. The van der Waals surface area contributed by atoms with Crippen LogP contribution in [-0.4, -0.2) is 29.6 Å². The van der Waals surface area contributed by atoms with Crippen molar-refractivity contribution in [2.45, 2.75) is 40.2 Å². The number of carboxylic acid groups (broad SMARTS) is 1. The van der Waals surface area contributed by atoms with Gasteiger partial charge >= 0.3 is 5.97 Å². The smallest absolute Gasteiger partial charge is 0.326 e. The maximum atomic E-state index is 12.2. The van der Waals surface area contributed by atoms with Crippen molar-refractivity contribution < 1.29 is 19.4 Å². The van der Waals surface area contributed by atoms with Gasteiger partial charge in [-0.1, -0.05) is 33.8 Å². The summed E-state index contributed by atoms with van der Waals surface area (Å²) < 4.78 is 5.47. The zero-order valence-electron chi connectivity index (χ0n) is 13.0. The molecule has 21 heavy (non-hydrogen) atoms. The number of aliphatic carboxylic acids is 1. The predicted molar refractivity (Wildman–Crippen MR) is 80.6 cm³/mol. The number of nitrogens with one attached hydrogen (secondary N) is 1. The third kappa shape index (κ3) is 5.10. The van der Waals surface area contributed by atoms with Gasteiger partial charge in [0.15, 0.2) is 0 Å². The molecule has 0 aliphatic heterocycles. The van der Waals surface area contributed by atoms with E-state index >= 15 is 0 Å². The van der Waals surface area contributed by atoms with E-state index in [1.165, 1.54) is 0 Å². The summed E-state index contributed by atoms with van der Waals surface area (Å²) in [5, 5.41) is 11.8. The molecule has 0 bridgehead atoms. The van der Waals surface area contributed by atoms with Crippen LogP contribution < -0.4 is 10.1 Å². The summed E-state index contributed by atoms with van der Waals surface area (Å²) in [6.07, 6.45) is 0.877. The van der Waals surface area contributed by atoms with Crippen LogP contribution in [-0.2, 0) is 4.79 Å². The third-order valence-electron chi connectivity index (χ3n) is 2.96. The average molecular weight is 293 g/mol. The predicted octanol–water partition coefficient (Wildman–Crippen LogP) is 2.70. The molecule has 5 nitrogen and oxygen atoms in total. The molecule has 1 aromatic carbocycles. The van der Waals surface area contributed by atoms with Crippen LogP contribution in [0, 0.1) is 5.41 Å². The minimum Gasteiger partial charge on any atom is -0.494 e. The zero-order valence-corrected chi connectivity index (χ0v) is 13.0. The first-order chi connectivity index (χ1) is 9.75. The molecule has 1 atom stereocenters. The summed E-state index contributed by atoms with van der Waals surface area (Å²) >= 11 is 0. The zero-order chi connectivity index (χ0) is 16.0. The molecule has 0 saturated heterocycles. The quantitative estimate of drug-likeness (QED) is 0.845. The van der Waals surface area contributed by atoms with E-state index in [2.05, 4.69) is 5.32 Å². The van der Waals surface area contributed by atoms with Crippen LogP contribution in [0.1, 0.15) is 44.5 Å². The van der Waals surface area contributed by atoms with Crippen molar-refractivity contribution in [3.8, 4) is 5.75 Å². The molecule has 1 rings (SSSR count). The van der Waals surface area contributed by atoms with Gasteiger partial charge in [0.25, 0.3) is 5.91 Å². The number of ether oxygens (including phenoxy) is 1. The molecule has 0 saturated carbocycles. The first kappa shape index (κ1) is 17.0. The standard InChI is InChI=1S/C16H23NO4/c1-5-9-21-12-8-6-7-11(10-12)14(18)17-13(15(19)20)16(2,3)4/h6-8,10,13H,5,9H2,1-4H3,(H,17,18)(H,19,20)/t13-/m1/s1.